The second-order valence-corrected chi connectivity index (χ2v) is 8.10. The summed E-state index contributed by atoms with van der Waals surface area (Å²) in [5.74, 6) is -0.0964. The van der Waals surface area contributed by atoms with Crippen molar-refractivity contribution in [2.24, 2.45) is 5.18 Å². The molecule has 0 radical (unpaired) electrons. The molecule has 2 aromatic carbocycles. The number of fused-ring (bicyclic) bond motifs is 1. The molecule has 8 nitrogen and oxygen atoms in total. The minimum absolute atomic E-state index is 0.0293. The number of hydrogen-bond donors (Lipinski definition) is 2. The number of nitroso groups, excluding NO2 is 1. The minimum Gasteiger partial charge on any atom is -0.489 e. The van der Waals surface area contributed by atoms with Crippen molar-refractivity contribution in [3.63, 3.8) is 0 Å². The molecule has 1 saturated heterocycles. The molecule has 0 unspecified atom stereocenters. The van der Waals surface area contributed by atoms with Gasteiger partial charge in [-0.15, -0.1) is 4.91 Å². The van der Waals surface area contributed by atoms with Crippen LogP contribution in [0.4, 0.5) is 10.1 Å². The smallest absolute Gasteiger partial charge is 0.266 e. The van der Waals surface area contributed by atoms with Gasteiger partial charge in [-0.2, -0.15) is 0 Å². The third-order valence-electron chi connectivity index (χ3n) is 5.31. The van der Waals surface area contributed by atoms with Crippen LogP contribution in [0.1, 0.15) is 6.42 Å². The number of para-hydroxylation sites is 1. The summed E-state index contributed by atoms with van der Waals surface area (Å²) in [6.07, 6.45) is 0.174. The molecule has 0 spiro atoms. The predicted molar refractivity (Wildman–Crippen MR) is 113 cm³/mol. The zero-order valence-electron chi connectivity index (χ0n) is 15.7. The molecule has 0 bridgehead atoms. The van der Waals surface area contributed by atoms with Crippen LogP contribution < -0.4 is 15.2 Å². The highest BCUT2D eigenvalue weighted by atomic mass is 79.9. The molecule has 2 atom stereocenters. The van der Waals surface area contributed by atoms with E-state index < -0.39 is 17.5 Å². The number of aromatic amines is 1. The van der Waals surface area contributed by atoms with Gasteiger partial charge in [0.1, 0.15) is 29.8 Å². The lowest BCUT2D eigenvalue weighted by atomic mass is 9.86. The van der Waals surface area contributed by atoms with Crippen LogP contribution in [0.25, 0.3) is 11.0 Å². The number of aliphatic hydroxyl groups is 1. The normalized spacial score (nSPS) is 21.6. The minimum atomic E-state index is -1.40. The van der Waals surface area contributed by atoms with E-state index in [1.165, 1.54) is 12.3 Å². The zero-order valence-corrected chi connectivity index (χ0v) is 17.3. The third-order valence-corrected chi connectivity index (χ3v) is 5.80. The number of ether oxygens (including phenoxy) is 1. The number of H-pyrrole nitrogens is 1. The highest BCUT2D eigenvalue weighted by Gasteiger charge is 2.45. The van der Waals surface area contributed by atoms with Gasteiger partial charge in [-0.3, -0.25) is 4.79 Å². The van der Waals surface area contributed by atoms with Gasteiger partial charge in [0.05, 0.1) is 17.4 Å². The number of aromatic nitrogens is 2. The number of anilines is 1. The first-order valence-corrected chi connectivity index (χ1v) is 10.0. The first kappa shape index (κ1) is 20.4. The SMILES string of the molecule is O=N[C@@]1(COc2cccc3ncc(=O)[nH]c23)CCN(c2ccc(Br)cc2F)C[C@H]1O. The quantitative estimate of drug-likeness (QED) is 0.548. The molecular formula is C20H18BrFN4O4. The van der Waals surface area contributed by atoms with E-state index in [4.69, 9.17) is 4.74 Å². The lowest BCUT2D eigenvalue weighted by molar-refractivity contribution is 0.0380. The van der Waals surface area contributed by atoms with Crippen molar-refractivity contribution in [2.45, 2.75) is 18.1 Å². The molecule has 2 heterocycles. The van der Waals surface area contributed by atoms with Gasteiger partial charge in [0.15, 0.2) is 5.54 Å². The zero-order chi connectivity index (χ0) is 21.3. The standard InChI is InChI=1S/C20H18BrFN4O4/c21-12-4-5-15(13(22)8-12)26-7-6-20(25-29,17(27)10-26)11-30-16-3-1-2-14-19(16)24-18(28)9-23-14/h1-5,8-9,17,27H,6-7,10-11H2,(H,24,28)/t17-,20-/m1/s1. The monoisotopic (exact) mass is 476 g/mol. The van der Waals surface area contributed by atoms with E-state index >= 15 is 0 Å². The van der Waals surface area contributed by atoms with E-state index in [2.05, 4.69) is 31.1 Å². The largest absolute Gasteiger partial charge is 0.489 e. The van der Waals surface area contributed by atoms with Gasteiger partial charge in [-0.1, -0.05) is 27.2 Å². The van der Waals surface area contributed by atoms with Crippen molar-refractivity contribution >= 4 is 32.7 Å². The molecule has 10 heteroatoms. The second kappa shape index (κ2) is 8.11. The van der Waals surface area contributed by atoms with Crippen LogP contribution in [-0.4, -0.2) is 46.4 Å². The van der Waals surface area contributed by atoms with Gasteiger partial charge in [0.2, 0.25) is 0 Å². The van der Waals surface area contributed by atoms with Crippen LogP contribution in [0.2, 0.25) is 0 Å². The summed E-state index contributed by atoms with van der Waals surface area (Å²) in [7, 11) is 0. The number of nitrogens with zero attached hydrogens (tertiary/aromatic N) is 3. The van der Waals surface area contributed by atoms with Crippen LogP contribution in [0.5, 0.6) is 5.75 Å². The van der Waals surface area contributed by atoms with E-state index in [1.807, 2.05) is 0 Å². The van der Waals surface area contributed by atoms with Crippen molar-refractivity contribution in [3.8, 4) is 5.75 Å². The van der Waals surface area contributed by atoms with Gasteiger partial charge >= 0.3 is 0 Å². The molecule has 0 saturated carbocycles. The first-order valence-electron chi connectivity index (χ1n) is 9.25. The van der Waals surface area contributed by atoms with E-state index in [-0.39, 0.29) is 25.1 Å². The van der Waals surface area contributed by atoms with Gasteiger partial charge in [0, 0.05) is 17.6 Å². The topological polar surface area (TPSA) is 108 Å². The lowest BCUT2D eigenvalue weighted by Crippen LogP contribution is -2.57. The Bertz CT molecular complexity index is 1160. The number of aliphatic hydroxyl groups excluding tert-OH is 1. The van der Waals surface area contributed by atoms with Gasteiger partial charge < -0.3 is 19.7 Å². The Balaban J connectivity index is 1.53. The van der Waals surface area contributed by atoms with Crippen molar-refractivity contribution in [2.75, 3.05) is 24.6 Å². The molecule has 2 N–H and O–H groups in total. The van der Waals surface area contributed by atoms with Crippen molar-refractivity contribution in [1.82, 2.24) is 9.97 Å². The van der Waals surface area contributed by atoms with Crippen LogP contribution >= 0.6 is 15.9 Å². The van der Waals surface area contributed by atoms with Crippen LogP contribution in [0.3, 0.4) is 0 Å². The summed E-state index contributed by atoms with van der Waals surface area (Å²) in [4.78, 5) is 31.7. The summed E-state index contributed by atoms with van der Waals surface area (Å²) in [6.45, 7) is 0.157. The molecule has 1 aliphatic heterocycles. The summed E-state index contributed by atoms with van der Waals surface area (Å²) in [5, 5.41) is 13.9. The van der Waals surface area contributed by atoms with E-state index in [0.717, 1.165) is 0 Å². The molecule has 3 aromatic rings. The fourth-order valence-electron chi connectivity index (χ4n) is 3.58. The number of rotatable bonds is 5. The maximum Gasteiger partial charge on any atom is 0.266 e. The summed E-state index contributed by atoms with van der Waals surface area (Å²) >= 11 is 3.22. The second-order valence-electron chi connectivity index (χ2n) is 7.19. The van der Waals surface area contributed by atoms with Crippen molar-refractivity contribution < 1.29 is 14.2 Å². The van der Waals surface area contributed by atoms with Gasteiger partial charge in [-0.05, 0) is 36.8 Å². The maximum atomic E-state index is 14.3. The first-order chi connectivity index (χ1) is 14.4. The van der Waals surface area contributed by atoms with Gasteiger partial charge in [0.25, 0.3) is 5.56 Å². The Morgan fingerprint density at radius 1 is 1.40 bits per heavy atom. The number of halogens is 2. The molecule has 0 amide bonds. The number of nitrogens with one attached hydrogen (secondary N) is 1. The number of piperidine rings is 1. The number of β-amino-alcohol motifs (C(OH)–C–C–N with tert-alkyl or cyclic N) is 1. The average Bonchev–Trinajstić information content (AvgIpc) is 2.73. The Morgan fingerprint density at radius 3 is 2.97 bits per heavy atom. The van der Waals surface area contributed by atoms with Crippen LogP contribution in [-0.2, 0) is 0 Å². The molecule has 30 heavy (non-hydrogen) atoms. The highest BCUT2D eigenvalue weighted by Crippen LogP contribution is 2.33. The molecule has 0 aliphatic carbocycles. The fourth-order valence-corrected chi connectivity index (χ4v) is 3.92. The van der Waals surface area contributed by atoms with Gasteiger partial charge in [-0.25, -0.2) is 9.37 Å². The maximum absolute atomic E-state index is 14.3. The third kappa shape index (κ3) is 3.80. The number of benzene rings is 2. The molecule has 1 fully saturated rings. The Hall–Kier alpha value is -2.85. The summed E-state index contributed by atoms with van der Waals surface area (Å²) in [6, 6.07) is 9.73. The summed E-state index contributed by atoms with van der Waals surface area (Å²) in [5.41, 5.74) is -0.509. The molecule has 156 valence electrons. The van der Waals surface area contributed by atoms with E-state index in [1.54, 1.807) is 35.2 Å². The van der Waals surface area contributed by atoms with Crippen molar-refractivity contribution in [3.05, 3.63) is 68.1 Å². The molecular weight excluding hydrogens is 459 g/mol. The molecule has 1 aromatic heterocycles. The molecule has 1 aliphatic rings. The summed E-state index contributed by atoms with van der Waals surface area (Å²) < 4.78 is 20.7. The highest BCUT2D eigenvalue weighted by molar-refractivity contribution is 9.10. The Labute approximate surface area is 178 Å². The lowest BCUT2D eigenvalue weighted by Gasteiger charge is -2.41. The van der Waals surface area contributed by atoms with E-state index in [0.29, 0.717) is 33.5 Å². The van der Waals surface area contributed by atoms with Crippen molar-refractivity contribution in [1.29, 1.82) is 0 Å². The predicted octanol–water partition coefficient (Wildman–Crippen LogP) is 2.98. The Morgan fingerprint density at radius 2 is 2.23 bits per heavy atom. The Kier molecular flexibility index (Phi) is 5.52. The molecule has 4 rings (SSSR count). The fraction of sp³-hybridized carbons (Fsp3) is 0.300. The van der Waals surface area contributed by atoms with E-state index in [9.17, 15) is 19.2 Å². The average molecular weight is 477 g/mol. The number of hydrogen-bond acceptors (Lipinski definition) is 7. The van der Waals surface area contributed by atoms with Crippen LogP contribution in [0, 0.1) is 10.7 Å². The van der Waals surface area contributed by atoms with Crippen LogP contribution in [0.15, 0.2) is 57.0 Å².